The fourth-order valence-corrected chi connectivity index (χ4v) is 1.19. The van der Waals surface area contributed by atoms with Crippen LogP contribution in [-0.4, -0.2) is 19.4 Å². The van der Waals surface area contributed by atoms with Crippen LogP contribution in [0.25, 0.3) is 0 Å². The second-order valence-electron chi connectivity index (χ2n) is 2.55. The monoisotopic (exact) mass is 226 g/mol. The predicted octanol–water partition coefficient (Wildman–Crippen LogP) is -1.96. The van der Waals surface area contributed by atoms with Gasteiger partial charge in [-0.1, -0.05) is 20.5 Å². The topological polar surface area (TPSA) is 20.2 Å². The molecule has 1 atom stereocenters. The summed E-state index contributed by atoms with van der Waals surface area (Å²) in [6, 6.07) is 5.91. The molecule has 74 valence electrons. The average Bonchev–Trinajstić information content (AvgIpc) is 2.05. The molecule has 0 spiro atoms. The number of aliphatic hydroxyl groups is 1. The van der Waals surface area contributed by atoms with Gasteiger partial charge >= 0.3 is 29.6 Å². The minimum Gasteiger partial charge on any atom is -0.388 e. The Morgan fingerprint density at radius 2 is 2.07 bits per heavy atom. The Bertz CT molecular complexity index is 262. The van der Waals surface area contributed by atoms with Gasteiger partial charge in [0.05, 0.1) is 6.10 Å². The van der Waals surface area contributed by atoms with Crippen LogP contribution in [0.15, 0.2) is 24.3 Å². The van der Waals surface area contributed by atoms with Crippen LogP contribution in [0.5, 0.6) is 0 Å². The van der Waals surface area contributed by atoms with Gasteiger partial charge in [-0.2, -0.15) is 0 Å². The third kappa shape index (κ3) is 5.37. The van der Waals surface area contributed by atoms with Crippen molar-refractivity contribution in [2.75, 3.05) is 5.88 Å². The largest absolute Gasteiger partial charge is 1.00 e. The van der Waals surface area contributed by atoms with E-state index in [0.29, 0.717) is 17.9 Å². The summed E-state index contributed by atoms with van der Waals surface area (Å²) in [6.07, 6.45) is -0.205. The van der Waals surface area contributed by atoms with E-state index in [4.69, 9.17) is 11.6 Å². The average molecular weight is 226 g/mol. The summed E-state index contributed by atoms with van der Waals surface area (Å²) in [7, 11) is 0. The number of halogens is 2. The Hall–Kier alpha value is 0.465. The number of hydrogen-bond donors (Lipinski definition) is 1. The zero-order valence-electron chi connectivity index (χ0n) is 7.50. The van der Waals surface area contributed by atoms with E-state index in [1.54, 1.807) is 12.1 Å². The number of rotatable bonds is 3. The molecule has 0 radical (unpaired) electrons. The van der Waals surface area contributed by atoms with E-state index in [2.05, 4.69) is 0 Å². The van der Waals surface area contributed by atoms with Crippen molar-refractivity contribution in [2.24, 2.45) is 0 Å². The van der Waals surface area contributed by atoms with Crippen molar-refractivity contribution in [1.29, 1.82) is 0 Å². The molecule has 0 aliphatic heterocycles. The summed E-state index contributed by atoms with van der Waals surface area (Å²) in [5.41, 5.74) is 0.579. The number of alkyl halides is 1. The van der Waals surface area contributed by atoms with E-state index in [-0.39, 0.29) is 43.8 Å². The van der Waals surface area contributed by atoms with Crippen LogP contribution < -0.4 is 29.6 Å². The molecular formula is C9H14BClFNaO. The van der Waals surface area contributed by atoms with Crippen LogP contribution >= 0.6 is 11.6 Å². The van der Waals surface area contributed by atoms with Crippen LogP contribution in [0.2, 0.25) is 0 Å². The summed E-state index contributed by atoms with van der Waals surface area (Å²) in [5.74, 6) is 0.0404. The molecule has 0 fully saturated rings. The number of benzene rings is 1. The van der Waals surface area contributed by atoms with E-state index in [1.807, 2.05) is 0 Å². The molecule has 1 unspecified atom stereocenters. The minimum absolute atomic E-state index is 0. The first-order chi connectivity index (χ1) is 5.74. The van der Waals surface area contributed by atoms with Crippen molar-refractivity contribution in [3.05, 3.63) is 35.6 Å². The van der Waals surface area contributed by atoms with Gasteiger partial charge in [0.1, 0.15) is 5.82 Å². The van der Waals surface area contributed by atoms with Gasteiger partial charge in [-0.15, -0.1) is 11.6 Å². The zero-order chi connectivity index (χ0) is 8.97. The molecule has 0 saturated carbocycles. The minimum atomic E-state index is -0.654. The van der Waals surface area contributed by atoms with Gasteiger partial charge in [-0.25, -0.2) is 4.39 Å². The van der Waals surface area contributed by atoms with E-state index in [0.717, 1.165) is 0 Å². The molecule has 1 rings (SSSR count). The molecule has 0 heterocycles. The van der Waals surface area contributed by atoms with Gasteiger partial charge < -0.3 is 5.11 Å². The first-order valence-electron chi connectivity index (χ1n) is 3.73. The normalized spacial score (nSPS) is 11.1. The fraction of sp³-hybridized carbons (Fsp3) is 0.333. The molecule has 14 heavy (non-hydrogen) atoms. The van der Waals surface area contributed by atoms with Crippen molar-refractivity contribution in [3.8, 4) is 0 Å². The number of aliphatic hydroxyl groups excluding tert-OH is 1. The van der Waals surface area contributed by atoms with E-state index >= 15 is 0 Å². The Labute approximate surface area is 113 Å². The maximum absolute atomic E-state index is 12.6. The van der Waals surface area contributed by atoms with Crippen LogP contribution in [0, 0.1) is 5.82 Å². The second kappa shape index (κ2) is 8.75. The summed E-state index contributed by atoms with van der Waals surface area (Å²) < 4.78 is 12.6. The van der Waals surface area contributed by atoms with Crippen LogP contribution in [-0.2, 0) is 0 Å². The first kappa shape index (κ1) is 16.9. The maximum Gasteiger partial charge on any atom is 1.00 e. The summed E-state index contributed by atoms with van der Waals surface area (Å²) in [4.78, 5) is 0. The van der Waals surface area contributed by atoms with Crippen molar-refractivity contribution in [2.45, 2.75) is 12.5 Å². The van der Waals surface area contributed by atoms with Gasteiger partial charge in [-0.05, 0) is 24.1 Å². The van der Waals surface area contributed by atoms with E-state index < -0.39 is 6.10 Å². The van der Waals surface area contributed by atoms with Crippen molar-refractivity contribution >= 4 is 20.0 Å². The second-order valence-corrected chi connectivity index (χ2v) is 2.93. The smallest absolute Gasteiger partial charge is 0.388 e. The molecule has 0 bridgehead atoms. The Morgan fingerprint density at radius 3 is 2.57 bits per heavy atom. The predicted molar refractivity (Wildman–Crippen MR) is 58.0 cm³/mol. The van der Waals surface area contributed by atoms with E-state index in [1.165, 1.54) is 12.1 Å². The standard InChI is InChI=1S/C9H10ClFO.BH4.Na/c10-5-4-9(12)7-2-1-3-8(11)6-7;;/h1-3,6,9,12H,4-5H2;1H4;/q;-1;+1. The molecule has 1 nitrogen and oxygen atoms in total. The Balaban J connectivity index is 0. The fourth-order valence-electron chi connectivity index (χ4n) is 0.984. The molecule has 1 aromatic rings. The summed E-state index contributed by atoms with van der Waals surface area (Å²) >= 11 is 5.43. The molecule has 0 saturated heterocycles. The third-order valence-corrected chi connectivity index (χ3v) is 1.83. The molecule has 5 heteroatoms. The van der Waals surface area contributed by atoms with Gasteiger partial charge in [0.15, 0.2) is 0 Å². The van der Waals surface area contributed by atoms with Crippen LogP contribution in [0.4, 0.5) is 4.39 Å². The van der Waals surface area contributed by atoms with Gasteiger partial charge in [0, 0.05) is 5.88 Å². The SMILES string of the molecule is OC(CCCl)c1cccc(F)c1.[BH4-].[Na+]. The maximum atomic E-state index is 12.6. The van der Waals surface area contributed by atoms with Crippen LogP contribution in [0.3, 0.4) is 0 Å². The van der Waals surface area contributed by atoms with Gasteiger partial charge in [-0.3, -0.25) is 0 Å². The zero-order valence-corrected chi connectivity index (χ0v) is 10.3. The van der Waals surface area contributed by atoms with Crippen molar-refractivity contribution in [3.63, 3.8) is 0 Å². The Morgan fingerprint density at radius 1 is 1.43 bits per heavy atom. The molecule has 0 aliphatic rings. The first-order valence-corrected chi connectivity index (χ1v) is 4.27. The molecular weight excluding hydrogens is 212 g/mol. The molecule has 0 aromatic heterocycles. The van der Waals surface area contributed by atoms with Crippen molar-refractivity contribution < 1.29 is 39.1 Å². The van der Waals surface area contributed by atoms with E-state index in [9.17, 15) is 9.50 Å². The quantitative estimate of drug-likeness (QED) is 0.469. The van der Waals surface area contributed by atoms with Crippen molar-refractivity contribution in [1.82, 2.24) is 0 Å². The molecule has 1 N–H and O–H groups in total. The summed E-state index contributed by atoms with van der Waals surface area (Å²) in [5, 5.41) is 9.39. The Kier molecular flexibility index (Phi) is 10.5. The van der Waals surface area contributed by atoms with Gasteiger partial charge in [0.2, 0.25) is 0 Å². The van der Waals surface area contributed by atoms with Crippen LogP contribution in [0.1, 0.15) is 18.1 Å². The molecule has 0 amide bonds. The number of hydrogen-bond acceptors (Lipinski definition) is 1. The summed E-state index contributed by atoms with van der Waals surface area (Å²) in [6.45, 7) is 0. The van der Waals surface area contributed by atoms with Gasteiger partial charge in [0.25, 0.3) is 0 Å². The molecule has 1 aromatic carbocycles. The third-order valence-electron chi connectivity index (χ3n) is 1.62. The molecule has 0 aliphatic carbocycles.